The van der Waals surface area contributed by atoms with E-state index in [1.807, 2.05) is 0 Å². The maximum atomic E-state index is 2.47. The van der Waals surface area contributed by atoms with Gasteiger partial charge in [0.05, 0.1) is 0 Å². The summed E-state index contributed by atoms with van der Waals surface area (Å²) in [6.07, 6.45) is 11.8. The van der Waals surface area contributed by atoms with Gasteiger partial charge in [-0.05, 0) is 54.8 Å². The number of unbranched alkanes of at least 4 members (excludes halogenated alkanes) is 2. The topological polar surface area (TPSA) is 0 Å². The van der Waals surface area contributed by atoms with Crippen LogP contribution in [0.15, 0.2) is 12.2 Å². The van der Waals surface area contributed by atoms with Crippen molar-refractivity contribution in [2.45, 2.75) is 73.6 Å². The van der Waals surface area contributed by atoms with Gasteiger partial charge in [-0.3, -0.25) is 0 Å². The van der Waals surface area contributed by atoms with Gasteiger partial charge in [-0.2, -0.15) is 0 Å². The molecule has 1 aliphatic rings. The second-order valence-electron chi connectivity index (χ2n) is 7.41. The molecule has 0 heteroatoms. The van der Waals surface area contributed by atoms with E-state index >= 15 is 0 Å². The van der Waals surface area contributed by atoms with E-state index in [1.165, 1.54) is 32.1 Å². The normalized spacial score (nSPS) is 27.7. The van der Waals surface area contributed by atoms with Crippen LogP contribution in [0.2, 0.25) is 0 Å². The van der Waals surface area contributed by atoms with Gasteiger partial charge in [0.1, 0.15) is 0 Å². The summed E-state index contributed by atoms with van der Waals surface area (Å²) in [5, 5.41) is 0. The van der Waals surface area contributed by atoms with Gasteiger partial charge in [0.15, 0.2) is 0 Å². The highest BCUT2D eigenvalue weighted by Crippen LogP contribution is 2.50. The Labute approximate surface area is 122 Å². The van der Waals surface area contributed by atoms with E-state index in [1.54, 1.807) is 0 Å². The molecular weight excluding hydrogens is 228 g/mol. The predicted octanol–water partition coefficient (Wildman–Crippen LogP) is 6.32. The molecule has 0 bridgehead atoms. The molecule has 0 nitrogen and oxygen atoms in total. The molecule has 0 aromatic carbocycles. The minimum atomic E-state index is 0.765. The number of hydrogen-bond donors (Lipinski definition) is 0. The Morgan fingerprint density at radius 1 is 1.11 bits per heavy atom. The Bertz CT molecular complexity index is 263. The van der Waals surface area contributed by atoms with E-state index in [9.17, 15) is 0 Å². The maximum Gasteiger partial charge on any atom is -0.0233 e. The lowest BCUT2D eigenvalue weighted by atomic mass is 9.86. The van der Waals surface area contributed by atoms with Crippen molar-refractivity contribution in [2.24, 2.45) is 35.5 Å². The van der Waals surface area contributed by atoms with Crippen LogP contribution in [0.1, 0.15) is 73.6 Å². The van der Waals surface area contributed by atoms with Crippen molar-refractivity contribution >= 4 is 0 Å². The van der Waals surface area contributed by atoms with Crippen molar-refractivity contribution in [2.75, 3.05) is 0 Å². The molecule has 5 unspecified atom stereocenters. The Morgan fingerprint density at radius 2 is 1.79 bits per heavy atom. The third-order valence-electron chi connectivity index (χ3n) is 5.46. The summed E-state index contributed by atoms with van der Waals surface area (Å²) < 4.78 is 0. The first-order valence-corrected chi connectivity index (χ1v) is 8.64. The van der Waals surface area contributed by atoms with Gasteiger partial charge in [0.25, 0.3) is 0 Å². The molecule has 0 aromatic heterocycles. The first-order valence-electron chi connectivity index (χ1n) is 8.64. The van der Waals surface area contributed by atoms with Crippen molar-refractivity contribution < 1.29 is 0 Å². The van der Waals surface area contributed by atoms with Crippen LogP contribution in [0, 0.1) is 35.5 Å². The summed E-state index contributed by atoms with van der Waals surface area (Å²) in [7, 11) is 0. The summed E-state index contributed by atoms with van der Waals surface area (Å²) in [4.78, 5) is 0. The predicted molar refractivity (Wildman–Crippen MR) is 87.2 cm³/mol. The maximum absolute atomic E-state index is 2.47. The van der Waals surface area contributed by atoms with Crippen molar-refractivity contribution in [3.63, 3.8) is 0 Å². The molecule has 1 rings (SSSR count). The van der Waals surface area contributed by atoms with Crippen LogP contribution >= 0.6 is 0 Å². The summed E-state index contributed by atoms with van der Waals surface area (Å²) >= 11 is 0. The van der Waals surface area contributed by atoms with Gasteiger partial charge < -0.3 is 0 Å². The molecule has 1 saturated carbocycles. The first kappa shape index (κ1) is 16.8. The molecule has 0 spiro atoms. The van der Waals surface area contributed by atoms with E-state index in [0.717, 1.165) is 35.5 Å². The molecule has 0 aromatic rings. The quantitative estimate of drug-likeness (QED) is 0.337. The number of rotatable bonds is 9. The van der Waals surface area contributed by atoms with Crippen LogP contribution < -0.4 is 0 Å². The lowest BCUT2D eigenvalue weighted by Gasteiger charge is -2.19. The fourth-order valence-corrected chi connectivity index (χ4v) is 3.13. The number of allylic oxidation sites excluding steroid dienone is 2. The highest BCUT2D eigenvalue weighted by atomic mass is 14.5. The summed E-state index contributed by atoms with van der Waals surface area (Å²) in [6, 6.07) is 0. The molecule has 0 aliphatic heterocycles. The van der Waals surface area contributed by atoms with Gasteiger partial charge in [0.2, 0.25) is 0 Å². The Hall–Kier alpha value is -0.260. The van der Waals surface area contributed by atoms with Crippen molar-refractivity contribution in [1.29, 1.82) is 0 Å². The molecule has 0 radical (unpaired) electrons. The van der Waals surface area contributed by atoms with Gasteiger partial charge in [-0.15, -0.1) is 0 Å². The molecule has 112 valence electrons. The van der Waals surface area contributed by atoms with E-state index in [0.29, 0.717) is 0 Å². The second-order valence-corrected chi connectivity index (χ2v) is 7.41. The van der Waals surface area contributed by atoms with E-state index in [2.05, 4.69) is 53.7 Å². The SMILES string of the molecule is CCCCC=CC(C)C(C)C1CC1CC(C)C(C)C. The molecule has 0 saturated heterocycles. The third-order valence-corrected chi connectivity index (χ3v) is 5.46. The van der Waals surface area contributed by atoms with Gasteiger partial charge in [-0.1, -0.05) is 66.5 Å². The largest absolute Gasteiger partial charge is 0.0883 e. The second kappa shape index (κ2) is 8.12. The Balaban J connectivity index is 2.27. The highest BCUT2D eigenvalue weighted by molar-refractivity contribution is 4.97. The Kier molecular flexibility index (Phi) is 7.18. The Morgan fingerprint density at radius 3 is 2.37 bits per heavy atom. The molecule has 0 heterocycles. The van der Waals surface area contributed by atoms with Crippen molar-refractivity contribution in [3.05, 3.63) is 12.2 Å². The van der Waals surface area contributed by atoms with Crippen LogP contribution in [0.25, 0.3) is 0 Å². The van der Waals surface area contributed by atoms with Gasteiger partial charge in [0, 0.05) is 0 Å². The van der Waals surface area contributed by atoms with Crippen molar-refractivity contribution in [1.82, 2.24) is 0 Å². The first-order chi connectivity index (χ1) is 8.97. The molecule has 0 amide bonds. The standard InChI is InChI=1S/C19H36/c1-7-8-9-10-11-15(4)17(6)19-13-18(19)12-16(5)14(2)3/h10-11,14-19H,7-9,12-13H2,1-6H3. The zero-order valence-electron chi connectivity index (χ0n) is 14.2. The molecular formula is C19H36. The molecule has 1 fully saturated rings. The zero-order chi connectivity index (χ0) is 14.4. The molecule has 19 heavy (non-hydrogen) atoms. The van der Waals surface area contributed by atoms with Crippen LogP contribution in [-0.4, -0.2) is 0 Å². The monoisotopic (exact) mass is 264 g/mol. The van der Waals surface area contributed by atoms with Gasteiger partial charge in [-0.25, -0.2) is 0 Å². The van der Waals surface area contributed by atoms with E-state index < -0.39 is 0 Å². The average Bonchev–Trinajstić information content (AvgIpc) is 3.12. The fraction of sp³-hybridized carbons (Fsp3) is 0.895. The molecule has 1 aliphatic carbocycles. The average molecular weight is 264 g/mol. The highest BCUT2D eigenvalue weighted by Gasteiger charge is 2.42. The van der Waals surface area contributed by atoms with E-state index in [-0.39, 0.29) is 0 Å². The van der Waals surface area contributed by atoms with Crippen LogP contribution in [0.3, 0.4) is 0 Å². The van der Waals surface area contributed by atoms with E-state index in [4.69, 9.17) is 0 Å². The lowest BCUT2D eigenvalue weighted by molar-refractivity contribution is 0.329. The van der Waals surface area contributed by atoms with Crippen LogP contribution in [0.4, 0.5) is 0 Å². The summed E-state index contributed by atoms with van der Waals surface area (Å²) in [5.74, 6) is 5.43. The van der Waals surface area contributed by atoms with Crippen LogP contribution in [-0.2, 0) is 0 Å². The molecule has 0 N–H and O–H groups in total. The smallest absolute Gasteiger partial charge is 0.0233 e. The zero-order valence-corrected chi connectivity index (χ0v) is 14.2. The molecule has 5 atom stereocenters. The fourth-order valence-electron chi connectivity index (χ4n) is 3.13. The lowest BCUT2D eigenvalue weighted by Crippen LogP contribution is -2.11. The third kappa shape index (κ3) is 5.71. The minimum absolute atomic E-state index is 0.765. The number of hydrogen-bond acceptors (Lipinski definition) is 0. The van der Waals surface area contributed by atoms with Gasteiger partial charge >= 0.3 is 0 Å². The summed E-state index contributed by atoms with van der Waals surface area (Å²) in [6.45, 7) is 14.3. The minimum Gasteiger partial charge on any atom is -0.0883 e. The van der Waals surface area contributed by atoms with Crippen LogP contribution in [0.5, 0.6) is 0 Å². The summed E-state index contributed by atoms with van der Waals surface area (Å²) in [5.41, 5.74) is 0. The van der Waals surface area contributed by atoms with Crippen molar-refractivity contribution in [3.8, 4) is 0 Å².